The number of aliphatic carboxylic acids is 1. The fraction of sp³-hybridized carbons (Fsp3) is 0.176. The highest BCUT2D eigenvalue weighted by Crippen LogP contribution is 2.14. The Morgan fingerprint density at radius 2 is 2.04 bits per heavy atom. The lowest BCUT2D eigenvalue weighted by molar-refractivity contribution is -0.138. The van der Waals surface area contributed by atoms with Crippen LogP contribution in [0.3, 0.4) is 0 Å². The number of carboxylic acids is 1. The molecule has 3 N–H and O–H groups in total. The van der Waals surface area contributed by atoms with E-state index in [0.717, 1.165) is 5.56 Å². The molecule has 2 heterocycles. The molecule has 0 saturated heterocycles. The van der Waals surface area contributed by atoms with Gasteiger partial charge in [0.2, 0.25) is 0 Å². The summed E-state index contributed by atoms with van der Waals surface area (Å²) in [5, 5.41) is 8.76. The smallest absolute Gasteiger partial charge is 0.321 e. The fourth-order valence-electron chi connectivity index (χ4n) is 2.20. The van der Waals surface area contributed by atoms with Gasteiger partial charge in [-0.2, -0.15) is 0 Å². The Morgan fingerprint density at radius 3 is 2.79 bits per heavy atom. The third-order valence-corrected chi connectivity index (χ3v) is 3.44. The molecule has 24 heavy (non-hydrogen) atoms. The Balaban J connectivity index is 1.87. The van der Waals surface area contributed by atoms with E-state index in [1.165, 1.54) is 6.33 Å². The van der Waals surface area contributed by atoms with Crippen LogP contribution in [0.4, 0.5) is 0 Å². The molecule has 0 fully saturated rings. The van der Waals surface area contributed by atoms with E-state index in [4.69, 9.17) is 10.8 Å². The van der Waals surface area contributed by atoms with Crippen molar-refractivity contribution in [2.45, 2.75) is 19.0 Å². The van der Waals surface area contributed by atoms with Gasteiger partial charge < -0.3 is 15.4 Å². The van der Waals surface area contributed by atoms with E-state index in [1.54, 1.807) is 6.33 Å². The quantitative estimate of drug-likeness (QED) is 0.695. The Hall–Kier alpha value is -3.24. The van der Waals surface area contributed by atoms with Crippen molar-refractivity contribution in [2.24, 2.45) is 5.73 Å². The first-order valence-corrected chi connectivity index (χ1v) is 7.32. The van der Waals surface area contributed by atoms with Gasteiger partial charge in [0.1, 0.15) is 23.6 Å². The minimum absolute atomic E-state index is 0.0472. The first kappa shape index (κ1) is 15.6. The first-order valence-electron chi connectivity index (χ1n) is 7.32. The Kier molecular flexibility index (Phi) is 4.50. The predicted molar refractivity (Wildman–Crippen MR) is 88.0 cm³/mol. The number of nitrogens with two attached hydrogens (primary N) is 1. The van der Waals surface area contributed by atoms with Crippen LogP contribution in [0.2, 0.25) is 0 Å². The van der Waals surface area contributed by atoms with Crippen molar-refractivity contribution in [2.75, 3.05) is 0 Å². The molecule has 0 spiro atoms. The third-order valence-electron chi connectivity index (χ3n) is 3.44. The molecule has 1 aromatic carbocycles. The molecule has 1 atom stereocenters. The molecule has 0 aliphatic rings. The number of rotatable bonds is 4. The van der Waals surface area contributed by atoms with Crippen molar-refractivity contribution in [1.82, 2.24) is 19.5 Å². The highest BCUT2D eigenvalue weighted by atomic mass is 16.4. The average molecular weight is 321 g/mol. The highest BCUT2D eigenvalue weighted by molar-refractivity contribution is 5.76. The molecule has 7 nitrogen and oxygen atoms in total. The summed E-state index contributed by atoms with van der Waals surface area (Å²) >= 11 is 0. The summed E-state index contributed by atoms with van der Waals surface area (Å²) in [7, 11) is 0. The molecule has 3 aromatic rings. The van der Waals surface area contributed by atoms with Crippen molar-refractivity contribution in [3.8, 4) is 11.8 Å². The molecule has 0 aliphatic heterocycles. The van der Waals surface area contributed by atoms with Gasteiger partial charge in [0.15, 0.2) is 5.65 Å². The normalized spacial score (nSPS) is 11.7. The van der Waals surface area contributed by atoms with Crippen molar-refractivity contribution in [3.63, 3.8) is 0 Å². The third kappa shape index (κ3) is 3.39. The van der Waals surface area contributed by atoms with Gasteiger partial charge in [-0.25, -0.2) is 15.0 Å². The van der Waals surface area contributed by atoms with E-state index in [9.17, 15) is 4.79 Å². The number of nitrogens with zero attached hydrogens (tertiary/aromatic N) is 4. The van der Waals surface area contributed by atoms with Gasteiger partial charge in [-0.05, 0) is 11.5 Å². The number of hydrogen-bond donors (Lipinski definition) is 2. The predicted octanol–water partition coefficient (Wildman–Crippen LogP) is 1.03. The molecule has 2 aromatic heterocycles. The lowest BCUT2D eigenvalue weighted by Gasteiger charge is -2.03. The number of hydrogen-bond acceptors (Lipinski definition) is 5. The number of benzene rings is 1. The Labute approximate surface area is 138 Å². The summed E-state index contributed by atoms with van der Waals surface area (Å²) in [6.07, 6.45) is 3.17. The second-order valence-electron chi connectivity index (χ2n) is 5.20. The van der Waals surface area contributed by atoms with E-state index < -0.39 is 12.0 Å². The van der Waals surface area contributed by atoms with Crippen LogP contribution in [0.25, 0.3) is 11.2 Å². The lowest BCUT2D eigenvalue weighted by atomic mass is 10.2. The van der Waals surface area contributed by atoms with Crippen molar-refractivity contribution >= 4 is 17.1 Å². The van der Waals surface area contributed by atoms with E-state index in [1.807, 2.05) is 34.9 Å². The van der Waals surface area contributed by atoms with Crippen LogP contribution in [-0.4, -0.2) is 36.6 Å². The molecule has 0 aliphatic carbocycles. The zero-order valence-electron chi connectivity index (χ0n) is 12.8. The summed E-state index contributed by atoms with van der Waals surface area (Å²) in [6, 6.07) is 8.97. The van der Waals surface area contributed by atoms with Crippen LogP contribution in [0.5, 0.6) is 0 Å². The number of fused-ring (bicyclic) bond motifs is 1. The van der Waals surface area contributed by atoms with Crippen LogP contribution in [0.1, 0.15) is 17.7 Å². The van der Waals surface area contributed by atoms with Gasteiger partial charge in [-0.1, -0.05) is 36.3 Å². The summed E-state index contributed by atoms with van der Waals surface area (Å²) in [6.45, 7) is 0.644. The van der Waals surface area contributed by atoms with E-state index in [2.05, 4.69) is 26.8 Å². The molecule has 0 amide bonds. The van der Waals surface area contributed by atoms with Crippen LogP contribution in [-0.2, 0) is 11.3 Å². The fourth-order valence-corrected chi connectivity index (χ4v) is 2.20. The minimum atomic E-state index is -1.08. The van der Waals surface area contributed by atoms with Gasteiger partial charge in [-0.15, -0.1) is 0 Å². The maximum absolute atomic E-state index is 10.7. The zero-order valence-corrected chi connectivity index (χ0v) is 12.8. The standard InChI is InChI=1S/C17H15N5O2/c18-13(17(23)24)7-4-8-14-15-16(20-10-19-14)22(11-21-15)9-12-5-2-1-3-6-12/h1-3,5-6,10-11,13H,7,9,18H2,(H,23,24)/t13-/m0/s1. The second-order valence-corrected chi connectivity index (χ2v) is 5.20. The second kappa shape index (κ2) is 6.89. The zero-order chi connectivity index (χ0) is 16.9. The molecule has 0 saturated carbocycles. The van der Waals surface area contributed by atoms with Crippen LogP contribution in [0, 0.1) is 11.8 Å². The van der Waals surface area contributed by atoms with Gasteiger partial charge >= 0.3 is 5.97 Å². The minimum Gasteiger partial charge on any atom is -0.480 e. The van der Waals surface area contributed by atoms with Crippen molar-refractivity contribution < 1.29 is 9.90 Å². The molecule has 3 rings (SSSR count). The number of aromatic nitrogens is 4. The molecule has 7 heteroatoms. The molecule has 120 valence electrons. The average Bonchev–Trinajstić information content (AvgIpc) is 2.99. The number of imidazole rings is 1. The molecular formula is C17H15N5O2. The van der Waals surface area contributed by atoms with Gasteiger partial charge in [-0.3, -0.25) is 4.79 Å². The Morgan fingerprint density at radius 1 is 1.25 bits per heavy atom. The molecule has 0 bridgehead atoms. The highest BCUT2D eigenvalue weighted by Gasteiger charge is 2.10. The monoisotopic (exact) mass is 321 g/mol. The van der Waals surface area contributed by atoms with Gasteiger partial charge in [0, 0.05) is 6.42 Å². The summed E-state index contributed by atoms with van der Waals surface area (Å²) in [4.78, 5) is 23.4. The van der Waals surface area contributed by atoms with Crippen molar-refractivity contribution in [1.29, 1.82) is 0 Å². The van der Waals surface area contributed by atoms with E-state index in [0.29, 0.717) is 23.4 Å². The topological polar surface area (TPSA) is 107 Å². The SMILES string of the molecule is N[C@@H](CC#Cc1ncnc2c1ncn2Cc1ccccc1)C(=O)O. The number of carbonyl (C=O) groups is 1. The molecular weight excluding hydrogens is 306 g/mol. The van der Waals surface area contributed by atoms with Crippen LogP contribution >= 0.6 is 0 Å². The maximum Gasteiger partial charge on any atom is 0.321 e. The summed E-state index contributed by atoms with van der Waals surface area (Å²) in [5.74, 6) is 4.49. The maximum atomic E-state index is 10.7. The number of carboxylic acid groups (broad SMARTS) is 1. The van der Waals surface area contributed by atoms with E-state index in [-0.39, 0.29) is 6.42 Å². The largest absolute Gasteiger partial charge is 0.480 e. The Bertz CT molecular complexity index is 924. The molecule has 0 radical (unpaired) electrons. The van der Waals surface area contributed by atoms with Gasteiger partial charge in [0.25, 0.3) is 0 Å². The lowest BCUT2D eigenvalue weighted by Crippen LogP contribution is -2.29. The molecule has 0 unspecified atom stereocenters. The summed E-state index contributed by atoms with van der Waals surface area (Å²) in [5.41, 5.74) is 8.29. The van der Waals surface area contributed by atoms with E-state index >= 15 is 0 Å². The van der Waals surface area contributed by atoms with Gasteiger partial charge in [0.05, 0.1) is 12.9 Å². The van der Waals surface area contributed by atoms with Crippen LogP contribution < -0.4 is 5.73 Å². The summed E-state index contributed by atoms with van der Waals surface area (Å²) < 4.78 is 1.92. The van der Waals surface area contributed by atoms with Crippen molar-refractivity contribution in [3.05, 3.63) is 54.2 Å². The van der Waals surface area contributed by atoms with Crippen LogP contribution in [0.15, 0.2) is 43.0 Å². The first-order chi connectivity index (χ1) is 11.6.